The number of hydrogen-bond acceptors (Lipinski definition) is 3. The van der Waals surface area contributed by atoms with Crippen LogP contribution >= 0.6 is 0 Å². The van der Waals surface area contributed by atoms with Gasteiger partial charge in [-0.25, -0.2) is 0 Å². The summed E-state index contributed by atoms with van der Waals surface area (Å²) in [6.45, 7) is 3.35. The predicted molar refractivity (Wildman–Crippen MR) is 73.8 cm³/mol. The van der Waals surface area contributed by atoms with E-state index in [9.17, 15) is 4.79 Å². The quantitative estimate of drug-likeness (QED) is 0.759. The van der Waals surface area contributed by atoms with Gasteiger partial charge in [0.2, 0.25) is 0 Å². The fourth-order valence-electron chi connectivity index (χ4n) is 2.55. The number of rotatable bonds is 4. The summed E-state index contributed by atoms with van der Waals surface area (Å²) in [5.74, 6) is 0. The van der Waals surface area contributed by atoms with Crippen LogP contribution in [0.3, 0.4) is 0 Å². The van der Waals surface area contributed by atoms with Crippen molar-refractivity contribution >= 4 is 6.29 Å². The van der Waals surface area contributed by atoms with Gasteiger partial charge in [0.05, 0.1) is 0 Å². The minimum absolute atomic E-state index is 0.687. The van der Waals surface area contributed by atoms with Crippen LogP contribution in [0.1, 0.15) is 28.8 Å². The molecule has 0 atom stereocenters. The van der Waals surface area contributed by atoms with Crippen LogP contribution in [-0.4, -0.2) is 49.3 Å². The number of carbonyl (C=O) groups excluding carboxylic acids is 1. The number of piperidine rings is 1. The number of benzene rings is 1. The van der Waals surface area contributed by atoms with Gasteiger partial charge < -0.3 is 4.90 Å². The molecule has 3 heteroatoms. The molecule has 0 radical (unpaired) electrons. The summed E-state index contributed by atoms with van der Waals surface area (Å²) in [4.78, 5) is 15.4. The van der Waals surface area contributed by atoms with Crippen molar-refractivity contribution in [3.8, 4) is 0 Å². The second kappa shape index (κ2) is 6.12. The molecule has 1 aromatic carbocycles. The molecule has 0 N–H and O–H groups in total. The zero-order valence-corrected chi connectivity index (χ0v) is 11.3. The number of nitrogens with zero attached hydrogens (tertiary/aromatic N) is 2. The van der Waals surface area contributed by atoms with Gasteiger partial charge in [0, 0.05) is 18.2 Å². The Labute approximate surface area is 109 Å². The Morgan fingerprint density at radius 2 is 1.89 bits per heavy atom. The third kappa shape index (κ3) is 3.40. The minimum Gasteiger partial charge on any atom is -0.306 e. The van der Waals surface area contributed by atoms with Crippen molar-refractivity contribution in [1.29, 1.82) is 0 Å². The zero-order chi connectivity index (χ0) is 13.0. The topological polar surface area (TPSA) is 23.6 Å². The van der Waals surface area contributed by atoms with Crippen molar-refractivity contribution < 1.29 is 4.79 Å². The zero-order valence-electron chi connectivity index (χ0n) is 11.3. The second-order valence-electron chi connectivity index (χ2n) is 5.31. The minimum atomic E-state index is 0.687. The third-order valence-corrected chi connectivity index (χ3v) is 3.86. The van der Waals surface area contributed by atoms with Crippen LogP contribution in [0.2, 0.25) is 0 Å². The summed E-state index contributed by atoms with van der Waals surface area (Å²) in [6, 6.07) is 8.58. The highest BCUT2D eigenvalue weighted by atomic mass is 16.1. The molecular formula is C15H22N2O. The van der Waals surface area contributed by atoms with E-state index < -0.39 is 0 Å². The highest BCUT2D eigenvalue weighted by molar-refractivity contribution is 5.74. The molecule has 0 aromatic heterocycles. The second-order valence-corrected chi connectivity index (χ2v) is 5.31. The summed E-state index contributed by atoms with van der Waals surface area (Å²) in [7, 11) is 4.39. The van der Waals surface area contributed by atoms with Crippen molar-refractivity contribution in [2.24, 2.45) is 0 Å². The van der Waals surface area contributed by atoms with Gasteiger partial charge in [0.25, 0.3) is 0 Å². The molecule has 1 aliphatic rings. The Hall–Kier alpha value is -1.19. The molecule has 1 saturated heterocycles. The molecular weight excluding hydrogens is 224 g/mol. The van der Waals surface area contributed by atoms with E-state index in [4.69, 9.17) is 0 Å². The molecule has 0 unspecified atom stereocenters. The first-order valence-corrected chi connectivity index (χ1v) is 6.62. The van der Waals surface area contributed by atoms with Crippen LogP contribution < -0.4 is 0 Å². The van der Waals surface area contributed by atoms with Crippen LogP contribution in [0.5, 0.6) is 0 Å². The van der Waals surface area contributed by atoms with E-state index in [2.05, 4.69) is 36.0 Å². The Balaban J connectivity index is 1.89. The van der Waals surface area contributed by atoms with Gasteiger partial charge in [0.1, 0.15) is 6.29 Å². The molecule has 0 aliphatic carbocycles. The smallest absolute Gasteiger partial charge is 0.150 e. The monoisotopic (exact) mass is 246 g/mol. The molecule has 98 valence electrons. The Bertz CT molecular complexity index is 380. The summed E-state index contributed by atoms with van der Waals surface area (Å²) in [5.41, 5.74) is 2.03. The normalized spacial score (nSPS) is 18.2. The summed E-state index contributed by atoms with van der Waals surface area (Å²) in [6.07, 6.45) is 3.39. The third-order valence-electron chi connectivity index (χ3n) is 3.86. The van der Waals surface area contributed by atoms with Gasteiger partial charge in [-0.05, 0) is 45.6 Å². The number of carbonyl (C=O) groups is 1. The highest BCUT2D eigenvalue weighted by Gasteiger charge is 2.20. The van der Waals surface area contributed by atoms with Gasteiger partial charge in [-0.2, -0.15) is 0 Å². The van der Waals surface area contributed by atoms with E-state index in [0.717, 1.165) is 18.4 Å². The molecule has 18 heavy (non-hydrogen) atoms. The first kappa shape index (κ1) is 13.2. The first-order valence-electron chi connectivity index (χ1n) is 6.62. The Morgan fingerprint density at radius 1 is 1.28 bits per heavy atom. The number of likely N-dealkylation sites (tertiary alicyclic amines) is 1. The number of hydrogen-bond donors (Lipinski definition) is 0. The average Bonchev–Trinajstić information content (AvgIpc) is 2.40. The van der Waals surface area contributed by atoms with E-state index in [-0.39, 0.29) is 0 Å². The fraction of sp³-hybridized carbons (Fsp3) is 0.533. The van der Waals surface area contributed by atoms with Crippen LogP contribution in [0, 0.1) is 0 Å². The van der Waals surface area contributed by atoms with Gasteiger partial charge in [0.15, 0.2) is 0 Å². The first-order chi connectivity index (χ1) is 8.69. The Kier molecular flexibility index (Phi) is 4.50. The molecule has 0 saturated carbocycles. The molecule has 1 heterocycles. The lowest BCUT2D eigenvalue weighted by Crippen LogP contribution is -2.41. The summed E-state index contributed by atoms with van der Waals surface area (Å²) in [5, 5.41) is 0. The molecule has 0 bridgehead atoms. The lowest BCUT2D eigenvalue weighted by molar-refractivity contribution is 0.112. The van der Waals surface area contributed by atoms with E-state index in [1.165, 1.54) is 31.5 Å². The van der Waals surface area contributed by atoms with Crippen molar-refractivity contribution in [3.05, 3.63) is 35.4 Å². The maximum Gasteiger partial charge on any atom is 0.150 e. The lowest BCUT2D eigenvalue weighted by Gasteiger charge is -2.35. The lowest BCUT2D eigenvalue weighted by atomic mass is 10.0. The number of aldehydes is 1. The highest BCUT2D eigenvalue weighted by Crippen LogP contribution is 2.16. The SMILES string of the molecule is CN1CCC(N(C)Cc2ccc(C=O)cc2)CC1. The van der Waals surface area contributed by atoms with Crippen LogP contribution in [0.25, 0.3) is 0 Å². The largest absolute Gasteiger partial charge is 0.306 e. The predicted octanol–water partition coefficient (Wildman–Crippen LogP) is 2.03. The van der Waals surface area contributed by atoms with E-state index in [0.29, 0.717) is 6.04 Å². The molecule has 3 nitrogen and oxygen atoms in total. The van der Waals surface area contributed by atoms with Crippen LogP contribution in [0.15, 0.2) is 24.3 Å². The average molecular weight is 246 g/mol. The van der Waals surface area contributed by atoms with Crippen molar-refractivity contribution in [2.75, 3.05) is 27.2 Å². The molecule has 0 amide bonds. The van der Waals surface area contributed by atoms with E-state index >= 15 is 0 Å². The maximum absolute atomic E-state index is 10.6. The van der Waals surface area contributed by atoms with Crippen LogP contribution in [-0.2, 0) is 6.54 Å². The van der Waals surface area contributed by atoms with Gasteiger partial charge in [-0.1, -0.05) is 24.3 Å². The standard InChI is InChI=1S/C15H22N2O/c1-16-9-7-15(8-10-16)17(2)11-13-3-5-14(12-18)6-4-13/h3-6,12,15H,7-11H2,1-2H3. The van der Waals surface area contributed by atoms with Crippen LogP contribution in [0.4, 0.5) is 0 Å². The van der Waals surface area contributed by atoms with Crippen molar-refractivity contribution in [1.82, 2.24) is 9.80 Å². The van der Waals surface area contributed by atoms with Gasteiger partial charge >= 0.3 is 0 Å². The van der Waals surface area contributed by atoms with Gasteiger partial charge in [-0.3, -0.25) is 9.69 Å². The van der Waals surface area contributed by atoms with Gasteiger partial charge in [-0.15, -0.1) is 0 Å². The molecule has 2 rings (SSSR count). The summed E-state index contributed by atoms with van der Waals surface area (Å²) < 4.78 is 0. The molecule has 1 aromatic rings. The summed E-state index contributed by atoms with van der Waals surface area (Å²) >= 11 is 0. The van der Waals surface area contributed by atoms with E-state index in [1.54, 1.807) is 0 Å². The maximum atomic E-state index is 10.6. The van der Waals surface area contributed by atoms with Crippen molar-refractivity contribution in [2.45, 2.75) is 25.4 Å². The van der Waals surface area contributed by atoms with Crippen molar-refractivity contribution in [3.63, 3.8) is 0 Å². The Morgan fingerprint density at radius 3 is 2.44 bits per heavy atom. The molecule has 0 spiro atoms. The van der Waals surface area contributed by atoms with E-state index in [1.807, 2.05) is 12.1 Å². The fourth-order valence-corrected chi connectivity index (χ4v) is 2.55. The molecule has 1 aliphatic heterocycles. The molecule has 1 fully saturated rings.